The Balaban J connectivity index is 2.12. The Labute approximate surface area is 92.9 Å². The summed E-state index contributed by atoms with van der Waals surface area (Å²) in [5.41, 5.74) is 8.38. The van der Waals surface area contributed by atoms with Crippen molar-refractivity contribution in [2.45, 2.75) is 32.7 Å². The van der Waals surface area contributed by atoms with Gasteiger partial charge in [0.25, 0.3) is 0 Å². The zero-order chi connectivity index (χ0) is 11.1. The van der Waals surface area contributed by atoms with Crippen molar-refractivity contribution >= 4 is 0 Å². The highest BCUT2D eigenvalue weighted by molar-refractivity contribution is 5.21. The van der Waals surface area contributed by atoms with Crippen LogP contribution in [-0.4, -0.2) is 19.1 Å². The van der Waals surface area contributed by atoms with Crippen LogP contribution in [0.1, 0.15) is 24.5 Å². The van der Waals surface area contributed by atoms with Gasteiger partial charge >= 0.3 is 0 Å². The molecule has 0 saturated carbocycles. The molecule has 84 valence electrons. The molecule has 1 unspecified atom stereocenters. The second-order valence-corrected chi connectivity index (χ2v) is 4.25. The zero-order valence-electron chi connectivity index (χ0n) is 9.79. The Bertz CT molecular complexity index is 264. The first-order chi connectivity index (χ1) is 7.18. The largest absolute Gasteiger partial charge is 0.328 e. The summed E-state index contributed by atoms with van der Waals surface area (Å²) in [6.45, 7) is 6.21. The lowest BCUT2D eigenvalue weighted by Crippen LogP contribution is -2.25. The van der Waals surface area contributed by atoms with Gasteiger partial charge in [0.2, 0.25) is 0 Å². The Hall–Kier alpha value is -0.860. The first-order valence-electron chi connectivity index (χ1n) is 5.70. The van der Waals surface area contributed by atoms with Crippen molar-refractivity contribution in [1.82, 2.24) is 5.32 Å². The van der Waals surface area contributed by atoms with Gasteiger partial charge < -0.3 is 11.1 Å². The molecule has 15 heavy (non-hydrogen) atoms. The summed E-state index contributed by atoms with van der Waals surface area (Å²) in [6, 6.07) is 9.02. The number of aryl methyl sites for hydroxylation is 1. The summed E-state index contributed by atoms with van der Waals surface area (Å²) in [7, 11) is 0. The Morgan fingerprint density at radius 2 is 1.87 bits per heavy atom. The average Bonchev–Trinajstić information content (AvgIpc) is 2.20. The van der Waals surface area contributed by atoms with Gasteiger partial charge in [-0.3, -0.25) is 0 Å². The maximum absolute atomic E-state index is 5.66. The summed E-state index contributed by atoms with van der Waals surface area (Å²) in [6.07, 6.45) is 2.15. The summed E-state index contributed by atoms with van der Waals surface area (Å²) in [5.74, 6) is 0. The van der Waals surface area contributed by atoms with Gasteiger partial charge in [-0.05, 0) is 45.3 Å². The molecule has 0 aliphatic rings. The molecule has 0 spiro atoms. The lowest BCUT2D eigenvalue weighted by Gasteiger charge is -2.07. The molecule has 0 bridgehead atoms. The molecular weight excluding hydrogens is 184 g/mol. The molecule has 1 rings (SSSR count). The van der Waals surface area contributed by atoms with Gasteiger partial charge in [0, 0.05) is 6.04 Å². The van der Waals surface area contributed by atoms with Crippen LogP contribution in [0.15, 0.2) is 24.3 Å². The van der Waals surface area contributed by atoms with Gasteiger partial charge in [-0.2, -0.15) is 0 Å². The lowest BCUT2D eigenvalue weighted by molar-refractivity contribution is 0.590. The van der Waals surface area contributed by atoms with Crippen LogP contribution < -0.4 is 11.1 Å². The van der Waals surface area contributed by atoms with Gasteiger partial charge in [-0.25, -0.2) is 0 Å². The minimum atomic E-state index is 0.303. The van der Waals surface area contributed by atoms with Crippen LogP contribution in [0.3, 0.4) is 0 Å². The zero-order valence-corrected chi connectivity index (χ0v) is 9.79. The van der Waals surface area contributed by atoms with Gasteiger partial charge in [0.15, 0.2) is 0 Å². The fraction of sp³-hybridized carbons (Fsp3) is 0.538. The standard InChI is InChI=1S/C13H22N2/c1-11-3-5-13(6-4-11)8-10-15-9-7-12(2)14/h3-6,12,15H,7-10,14H2,1-2H3. The Morgan fingerprint density at radius 1 is 1.20 bits per heavy atom. The molecule has 0 aliphatic heterocycles. The molecular formula is C13H22N2. The summed E-state index contributed by atoms with van der Waals surface area (Å²) in [5, 5.41) is 3.40. The fourth-order valence-electron chi connectivity index (χ4n) is 1.44. The quantitative estimate of drug-likeness (QED) is 0.697. The van der Waals surface area contributed by atoms with E-state index < -0.39 is 0 Å². The molecule has 0 fully saturated rings. The molecule has 1 aromatic rings. The first kappa shape index (κ1) is 12.2. The van der Waals surface area contributed by atoms with E-state index in [0.717, 1.165) is 25.9 Å². The van der Waals surface area contributed by atoms with Crippen LogP contribution in [0.2, 0.25) is 0 Å². The fourth-order valence-corrected chi connectivity index (χ4v) is 1.44. The van der Waals surface area contributed by atoms with Crippen molar-refractivity contribution in [1.29, 1.82) is 0 Å². The number of benzene rings is 1. The molecule has 3 N–H and O–H groups in total. The number of nitrogens with one attached hydrogen (secondary N) is 1. The third-order valence-electron chi connectivity index (χ3n) is 2.49. The van der Waals surface area contributed by atoms with E-state index in [4.69, 9.17) is 5.73 Å². The number of rotatable bonds is 6. The molecule has 0 aliphatic carbocycles. The molecule has 0 aromatic heterocycles. The Morgan fingerprint density at radius 3 is 2.47 bits per heavy atom. The van der Waals surface area contributed by atoms with Crippen LogP contribution in [0.5, 0.6) is 0 Å². The lowest BCUT2D eigenvalue weighted by atomic mass is 10.1. The van der Waals surface area contributed by atoms with Crippen molar-refractivity contribution in [3.63, 3.8) is 0 Å². The molecule has 0 radical (unpaired) electrons. The molecule has 1 atom stereocenters. The van der Waals surface area contributed by atoms with Crippen LogP contribution in [0, 0.1) is 6.92 Å². The molecule has 2 nitrogen and oxygen atoms in total. The molecule has 0 amide bonds. The third-order valence-corrected chi connectivity index (χ3v) is 2.49. The maximum Gasteiger partial charge on any atom is 0.00225 e. The Kier molecular flexibility index (Phi) is 5.37. The van der Waals surface area contributed by atoms with E-state index in [-0.39, 0.29) is 0 Å². The normalized spacial score (nSPS) is 12.7. The minimum absolute atomic E-state index is 0.303. The second-order valence-electron chi connectivity index (χ2n) is 4.25. The van der Waals surface area contributed by atoms with Gasteiger partial charge in [0.1, 0.15) is 0 Å². The van der Waals surface area contributed by atoms with Gasteiger partial charge in [0.05, 0.1) is 0 Å². The van der Waals surface area contributed by atoms with Crippen LogP contribution >= 0.6 is 0 Å². The van der Waals surface area contributed by atoms with Gasteiger partial charge in [-0.15, -0.1) is 0 Å². The maximum atomic E-state index is 5.66. The van der Waals surface area contributed by atoms with Crippen LogP contribution in [0.25, 0.3) is 0 Å². The van der Waals surface area contributed by atoms with Crippen molar-refractivity contribution < 1.29 is 0 Å². The summed E-state index contributed by atoms with van der Waals surface area (Å²) in [4.78, 5) is 0. The van der Waals surface area contributed by atoms with Crippen LogP contribution in [0.4, 0.5) is 0 Å². The highest BCUT2D eigenvalue weighted by atomic mass is 14.8. The predicted octanol–water partition coefficient (Wildman–Crippen LogP) is 1.86. The smallest absolute Gasteiger partial charge is 0.00225 e. The summed E-state index contributed by atoms with van der Waals surface area (Å²) < 4.78 is 0. The predicted molar refractivity (Wildman–Crippen MR) is 66.0 cm³/mol. The van der Waals surface area contributed by atoms with E-state index in [2.05, 4.69) is 36.5 Å². The molecule has 0 saturated heterocycles. The highest BCUT2D eigenvalue weighted by Gasteiger charge is 1.94. The van der Waals surface area contributed by atoms with Crippen molar-refractivity contribution in [3.05, 3.63) is 35.4 Å². The van der Waals surface area contributed by atoms with E-state index in [1.807, 2.05) is 6.92 Å². The third kappa shape index (κ3) is 5.55. The topological polar surface area (TPSA) is 38.0 Å². The van der Waals surface area contributed by atoms with E-state index in [0.29, 0.717) is 6.04 Å². The number of hydrogen-bond acceptors (Lipinski definition) is 2. The SMILES string of the molecule is Cc1ccc(CCNCCC(C)N)cc1. The molecule has 2 heteroatoms. The monoisotopic (exact) mass is 206 g/mol. The van der Waals surface area contributed by atoms with Crippen molar-refractivity contribution in [2.24, 2.45) is 5.73 Å². The van der Waals surface area contributed by atoms with E-state index >= 15 is 0 Å². The van der Waals surface area contributed by atoms with Crippen molar-refractivity contribution in [3.8, 4) is 0 Å². The van der Waals surface area contributed by atoms with Crippen LogP contribution in [-0.2, 0) is 6.42 Å². The minimum Gasteiger partial charge on any atom is -0.328 e. The average molecular weight is 206 g/mol. The summed E-state index contributed by atoms with van der Waals surface area (Å²) >= 11 is 0. The first-order valence-corrected chi connectivity index (χ1v) is 5.70. The number of hydrogen-bond donors (Lipinski definition) is 2. The van der Waals surface area contributed by atoms with E-state index in [1.165, 1.54) is 11.1 Å². The van der Waals surface area contributed by atoms with Crippen molar-refractivity contribution in [2.75, 3.05) is 13.1 Å². The molecule has 1 aromatic carbocycles. The van der Waals surface area contributed by atoms with E-state index in [9.17, 15) is 0 Å². The number of nitrogens with two attached hydrogens (primary N) is 1. The second kappa shape index (κ2) is 6.59. The van der Waals surface area contributed by atoms with Gasteiger partial charge in [-0.1, -0.05) is 29.8 Å². The molecule has 0 heterocycles. The highest BCUT2D eigenvalue weighted by Crippen LogP contribution is 2.02. The van der Waals surface area contributed by atoms with E-state index in [1.54, 1.807) is 0 Å².